The SMILES string of the molecule is Cc1ccc(S(=O)(=O)OC[C@@H]2Cc3ccccc3N2)cc1. The molecule has 21 heavy (non-hydrogen) atoms. The lowest BCUT2D eigenvalue weighted by Gasteiger charge is -2.12. The van der Waals surface area contributed by atoms with Gasteiger partial charge in [0.2, 0.25) is 0 Å². The van der Waals surface area contributed by atoms with Crippen LogP contribution in [0.25, 0.3) is 0 Å². The van der Waals surface area contributed by atoms with Crippen LogP contribution in [0.1, 0.15) is 11.1 Å². The minimum atomic E-state index is -3.69. The predicted octanol–water partition coefficient (Wildman–Crippen LogP) is 2.74. The number of anilines is 1. The van der Waals surface area contributed by atoms with Gasteiger partial charge in [-0.2, -0.15) is 8.42 Å². The molecule has 2 aromatic rings. The van der Waals surface area contributed by atoms with E-state index >= 15 is 0 Å². The van der Waals surface area contributed by atoms with Gasteiger partial charge in [-0.05, 0) is 37.1 Å². The maximum absolute atomic E-state index is 12.1. The summed E-state index contributed by atoms with van der Waals surface area (Å²) >= 11 is 0. The second-order valence-electron chi connectivity index (χ2n) is 5.25. The Morgan fingerprint density at radius 1 is 1.14 bits per heavy atom. The van der Waals surface area contributed by atoms with Crippen LogP contribution in [0, 0.1) is 6.92 Å². The molecule has 1 N–H and O–H groups in total. The standard InChI is InChI=1S/C16H17NO3S/c1-12-6-8-15(9-7-12)21(18,19)20-11-14-10-13-4-2-3-5-16(13)17-14/h2-9,14,17H,10-11H2,1H3/t14-/m0/s1. The fraction of sp³-hybridized carbons (Fsp3) is 0.250. The first kappa shape index (κ1) is 14.1. The van der Waals surface area contributed by atoms with E-state index in [0.717, 1.165) is 17.7 Å². The summed E-state index contributed by atoms with van der Waals surface area (Å²) in [6.45, 7) is 2.04. The van der Waals surface area contributed by atoms with Crippen LogP contribution in [-0.2, 0) is 20.7 Å². The van der Waals surface area contributed by atoms with Gasteiger partial charge in [0.15, 0.2) is 0 Å². The highest BCUT2D eigenvalue weighted by Crippen LogP contribution is 2.25. The van der Waals surface area contributed by atoms with Crippen molar-refractivity contribution in [2.75, 3.05) is 11.9 Å². The lowest BCUT2D eigenvalue weighted by atomic mass is 10.1. The van der Waals surface area contributed by atoms with Gasteiger partial charge in [0.05, 0.1) is 17.5 Å². The first-order valence-corrected chi connectivity index (χ1v) is 8.26. The maximum Gasteiger partial charge on any atom is 0.297 e. The normalized spacial score (nSPS) is 17.3. The minimum Gasteiger partial charge on any atom is -0.379 e. The van der Waals surface area contributed by atoms with E-state index in [1.165, 1.54) is 5.56 Å². The molecule has 0 amide bonds. The molecule has 0 bridgehead atoms. The Balaban J connectivity index is 1.65. The van der Waals surface area contributed by atoms with Crippen LogP contribution in [0.4, 0.5) is 5.69 Å². The summed E-state index contributed by atoms with van der Waals surface area (Å²) in [5, 5.41) is 3.28. The first-order chi connectivity index (χ1) is 10.0. The van der Waals surface area contributed by atoms with Crippen molar-refractivity contribution in [3.8, 4) is 0 Å². The highest BCUT2D eigenvalue weighted by Gasteiger charge is 2.23. The molecule has 4 nitrogen and oxygen atoms in total. The molecule has 0 aromatic heterocycles. The van der Waals surface area contributed by atoms with E-state index in [2.05, 4.69) is 5.32 Å². The molecule has 0 radical (unpaired) electrons. The monoisotopic (exact) mass is 303 g/mol. The van der Waals surface area contributed by atoms with Crippen LogP contribution in [0.5, 0.6) is 0 Å². The predicted molar refractivity (Wildman–Crippen MR) is 81.9 cm³/mol. The maximum atomic E-state index is 12.1. The summed E-state index contributed by atoms with van der Waals surface area (Å²) in [5.41, 5.74) is 3.26. The zero-order valence-electron chi connectivity index (χ0n) is 11.7. The Morgan fingerprint density at radius 2 is 1.86 bits per heavy atom. The van der Waals surface area contributed by atoms with Gasteiger partial charge in [-0.3, -0.25) is 4.18 Å². The van der Waals surface area contributed by atoms with Crippen molar-refractivity contribution in [2.24, 2.45) is 0 Å². The zero-order chi connectivity index (χ0) is 14.9. The Kier molecular flexibility index (Phi) is 3.69. The lowest BCUT2D eigenvalue weighted by Crippen LogP contribution is -2.24. The second-order valence-corrected chi connectivity index (χ2v) is 6.87. The molecule has 1 atom stereocenters. The quantitative estimate of drug-likeness (QED) is 0.882. The Hall–Kier alpha value is -1.85. The molecule has 0 unspecified atom stereocenters. The minimum absolute atomic E-state index is 0.0115. The summed E-state index contributed by atoms with van der Waals surface area (Å²) in [5.74, 6) is 0. The number of hydrogen-bond donors (Lipinski definition) is 1. The van der Waals surface area contributed by atoms with Crippen molar-refractivity contribution in [1.29, 1.82) is 0 Å². The van der Waals surface area contributed by atoms with Gasteiger partial charge in [-0.15, -0.1) is 0 Å². The van der Waals surface area contributed by atoms with Gasteiger partial charge in [0, 0.05) is 5.69 Å². The van der Waals surface area contributed by atoms with Crippen molar-refractivity contribution in [3.63, 3.8) is 0 Å². The molecule has 0 spiro atoms. The first-order valence-electron chi connectivity index (χ1n) is 6.85. The molecule has 0 saturated carbocycles. The Morgan fingerprint density at radius 3 is 2.57 bits per heavy atom. The number of rotatable bonds is 4. The summed E-state index contributed by atoms with van der Waals surface area (Å²) in [4.78, 5) is 0.198. The molecule has 0 aliphatic carbocycles. The number of fused-ring (bicyclic) bond motifs is 1. The van der Waals surface area contributed by atoms with Crippen molar-refractivity contribution in [2.45, 2.75) is 24.3 Å². The molecule has 1 aliphatic heterocycles. The molecule has 110 valence electrons. The van der Waals surface area contributed by atoms with E-state index in [4.69, 9.17) is 4.18 Å². The number of aryl methyl sites for hydroxylation is 1. The summed E-state index contributed by atoms with van der Waals surface area (Å²) in [7, 11) is -3.69. The van der Waals surface area contributed by atoms with E-state index in [9.17, 15) is 8.42 Å². The molecular formula is C16H17NO3S. The highest BCUT2D eigenvalue weighted by atomic mass is 32.2. The average molecular weight is 303 g/mol. The van der Waals surface area contributed by atoms with E-state index < -0.39 is 10.1 Å². The van der Waals surface area contributed by atoms with Gasteiger partial charge in [-0.1, -0.05) is 35.9 Å². The van der Waals surface area contributed by atoms with Gasteiger partial charge in [-0.25, -0.2) is 0 Å². The van der Waals surface area contributed by atoms with Crippen LogP contribution in [0.2, 0.25) is 0 Å². The van der Waals surface area contributed by atoms with Crippen LogP contribution in [0.15, 0.2) is 53.4 Å². The van der Waals surface area contributed by atoms with Crippen LogP contribution < -0.4 is 5.32 Å². The summed E-state index contributed by atoms with van der Waals surface area (Å²) in [6, 6.07) is 14.6. The zero-order valence-corrected chi connectivity index (χ0v) is 12.6. The third kappa shape index (κ3) is 3.09. The number of hydrogen-bond acceptors (Lipinski definition) is 4. The van der Waals surface area contributed by atoms with Gasteiger partial charge in [0.25, 0.3) is 10.1 Å². The topological polar surface area (TPSA) is 55.4 Å². The van der Waals surface area contributed by atoms with Crippen molar-refractivity contribution in [3.05, 3.63) is 59.7 Å². The number of nitrogens with one attached hydrogen (secondary N) is 1. The number of benzene rings is 2. The van der Waals surface area contributed by atoms with Crippen molar-refractivity contribution < 1.29 is 12.6 Å². The van der Waals surface area contributed by atoms with Crippen molar-refractivity contribution >= 4 is 15.8 Å². The van der Waals surface area contributed by atoms with Gasteiger partial charge >= 0.3 is 0 Å². The Labute approximate surface area is 124 Å². The van der Waals surface area contributed by atoms with Crippen LogP contribution in [0.3, 0.4) is 0 Å². The van der Waals surface area contributed by atoms with E-state index in [1.807, 2.05) is 31.2 Å². The van der Waals surface area contributed by atoms with Crippen LogP contribution >= 0.6 is 0 Å². The van der Waals surface area contributed by atoms with Gasteiger partial charge in [0.1, 0.15) is 0 Å². The van der Waals surface area contributed by atoms with Crippen molar-refractivity contribution in [1.82, 2.24) is 0 Å². The molecule has 2 aromatic carbocycles. The second kappa shape index (κ2) is 5.50. The number of para-hydroxylation sites is 1. The fourth-order valence-corrected chi connectivity index (χ4v) is 3.37. The highest BCUT2D eigenvalue weighted by molar-refractivity contribution is 7.86. The third-order valence-corrected chi connectivity index (χ3v) is 4.87. The summed E-state index contributed by atoms with van der Waals surface area (Å²) < 4.78 is 29.4. The molecule has 1 aliphatic rings. The summed E-state index contributed by atoms with van der Waals surface area (Å²) in [6.07, 6.45) is 0.777. The third-order valence-electron chi connectivity index (χ3n) is 3.58. The lowest BCUT2D eigenvalue weighted by molar-refractivity contribution is 0.301. The Bertz CT molecular complexity index is 713. The van der Waals surface area contributed by atoms with Crippen LogP contribution in [-0.4, -0.2) is 21.1 Å². The van der Waals surface area contributed by atoms with E-state index in [-0.39, 0.29) is 17.5 Å². The average Bonchev–Trinajstić information content (AvgIpc) is 2.89. The molecule has 3 rings (SSSR count). The molecule has 1 heterocycles. The molecule has 0 saturated heterocycles. The van der Waals surface area contributed by atoms with E-state index in [0.29, 0.717) is 0 Å². The largest absolute Gasteiger partial charge is 0.379 e. The smallest absolute Gasteiger partial charge is 0.297 e. The van der Waals surface area contributed by atoms with E-state index in [1.54, 1.807) is 24.3 Å². The molecule has 5 heteroatoms. The van der Waals surface area contributed by atoms with Gasteiger partial charge < -0.3 is 5.32 Å². The fourth-order valence-electron chi connectivity index (χ4n) is 2.42. The molecular weight excluding hydrogens is 286 g/mol. The molecule has 0 fully saturated rings.